The first-order valence-corrected chi connectivity index (χ1v) is 6.62. The molecule has 0 bridgehead atoms. The quantitative estimate of drug-likeness (QED) is 0.772. The van der Waals surface area contributed by atoms with Crippen LogP contribution in [0.15, 0.2) is 0 Å². The van der Waals surface area contributed by atoms with Gasteiger partial charge in [0.25, 0.3) is 0 Å². The van der Waals surface area contributed by atoms with Crippen LogP contribution in [0.25, 0.3) is 0 Å². The Bertz CT molecular complexity index is 201. The number of aliphatic hydroxyl groups is 1. The second-order valence-corrected chi connectivity index (χ2v) is 5.74. The van der Waals surface area contributed by atoms with Crippen LogP contribution in [0.4, 0.5) is 0 Å². The minimum Gasteiger partial charge on any atom is -0.391 e. The first kappa shape index (κ1) is 11.4. The molecule has 2 aliphatic carbocycles. The molecule has 2 rings (SSSR count). The maximum Gasteiger partial charge on any atom is 0.0695 e. The van der Waals surface area contributed by atoms with Gasteiger partial charge in [-0.2, -0.15) is 0 Å². The lowest BCUT2D eigenvalue weighted by Crippen LogP contribution is -2.48. The third kappa shape index (κ3) is 2.94. The molecule has 15 heavy (non-hydrogen) atoms. The van der Waals surface area contributed by atoms with Crippen LogP contribution in [-0.4, -0.2) is 34.7 Å². The summed E-state index contributed by atoms with van der Waals surface area (Å²) in [7, 11) is 0. The predicted molar refractivity (Wildman–Crippen MR) is 62.8 cm³/mol. The van der Waals surface area contributed by atoms with Crippen LogP contribution in [-0.2, 0) is 0 Å². The third-order valence-corrected chi connectivity index (χ3v) is 3.71. The summed E-state index contributed by atoms with van der Waals surface area (Å²) in [6, 6.07) is 1.26. The summed E-state index contributed by atoms with van der Waals surface area (Å²) >= 11 is 0. The van der Waals surface area contributed by atoms with Crippen molar-refractivity contribution in [1.82, 2.24) is 4.90 Å². The van der Waals surface area contributed by atoms with Crippen LogP contribution in [0, 0.1) is 5.92 Å². The average Bonchev–Trinajstić information content (AvgIpc) is 2.98. The molecule has 2 unspecified atom stereocenters. The van der Waals surface area contributed by atoms with Crippen molar-refractivity contribution in [3.63, 3.8) is 0 Å². The van der Waals surface area contributed by atoms with Gasteiger partial charge >= 0.3 is 0 Å². The highest BCUT2D eigenvalue weighted by Gasteiger charge is 2.37. The van der Waals surface area contributed by atoms with Crippen LogP contribution >= 0.6 is 0 Å². The van der Waals surface area contributed by atoms with Crippen molar-refractivity contribution in [2.75, 3.05) is 6.54 Å². The van der Waals surface area contributed by atoms with Crippen LogP contribution in [0.3, 0.4) is 0 Å². The minimum absolute atomic E-state index is 0.0573. The van der Waals surface area contributed by atoms with Gasteiger partial charge in [0.15, 0.2) is 0 Å². The van der Waals surface area contributed by atoms with Crippen LogP contribution < -0.4 is 0 Å². The van der Waals surface area contributed by atoms with Crippen molar-refractivity contribution in [2.24, 2.45) is 5.92 Å². The van der Waals surface area contributed by atoms with Crippen LogP contribution in [0.5, 0.6) is 0 Å². The smallest absolute Gasteiger partial charge is 0.0695 e. The van der Waals surface area contributed by atoms with E-state index in [-0.39, 0.29) is 6.10 Å². The Morgan fingerprint density at radius 3 is 2.33 bits per heavy atom. The Labute approximate surface area is 93.7 Å². The minimum atomic E-state index is -0.0573. The van der Waals surface area contributed by atoms with E-state index in [2.05, 4.69) is 18.7 Å². The number of hydrogen-bond donors (Lipinski definition) is 1. The molecule has 1 N–H and O–H groups in total. The van der Waals surface area contributed by atoms with Crippen LogP contribution in [0.2, 0.25) is 0 Å². The van der Waals surface area contributed by atoms with Gasteiger partial charge in [0.05, 0.1) is 6.10 Å². The van der Waals surface area contributed by atoms with Gasteiger partial charge < -0.3 is 5.11 Å². The number of hydrogen-bond acceptors (Lipinski definition) is 2. The van der Waals surface area contributed by atoms with Crippen molar-refractivity contribution in [1.29, 1.82) is 0 Å². The van der Waals surface area contributed by atoms with Crippen molar-refractivity contribution in [3.05, 3.63) is 0 Å². The molecule has 2 fully saturated rings. The lowest BCUT2D eigenvalue weighted by molar-refractivity contribution is 0.0102. The van der Waals surface area contributed by atoms with Gasteiger partial charge in [0.2, 0.25) is 0 Å². The van der Waals surface area contributed by atoms with E-state index in [1.54, 1.807) is 0 Å². The average molecular weight is 211 g/mol. The van der Waals surface area contributed by atoms with Gasteiger partial charge in [-0.1, -0.05) is 26.7 Å². The van der Waals surface area contributed by atoms with E-state index in [1.807, 2.05) is 0 Å². The molecular formula is C13H25NO. The summed E-state index contributed by atoms with van der Waals surface area (Å²) in [4.78, 5) is 2.61. The summed E-state index contributed by atoms with van der Waals surface area (Å²) in [6.45, 7) is 5.74. The van der Waals surface area contributed by atoms with Crippen LogP contribution in [0.1, 0.15) is 52.4 Å². The highest BCUT2D eigenvalue weighted by molar-refractivity contribution is 4.93. The second kappa shape index (κ2) is 4.84. The van der Waals surface area contributed by atoms with Gasteiger partial charge in [-0.05, 0) is 31.6 Å². The van der Waals surface area contributed by atoms with E-state index in [0.29, 0.717) is 6.04 Å². The molecule has 0 heterocycles. The van der Waals surface area contributed by atoms with Gasteiger partial charge in [-0.15, -0.1) is 0 Å². The molecule has 88 valence electrons. The van der Waals surface area contributed by atoms with Crippen molar-refractivity contribution < 1.29 is 5.11 Å². The largest absolute Gasteiger partial charge is 0.391 e. The van der Waals surface area contributed by atoms with Gasteiger partial charge in [-0.25, -0.2) is 0 Å². The zero-order chi connectivity index (χ0) is 10.8. The first-order valence-electron chi connectivity index (χ1n) is 6.62. The molecule has 2 heteroatoms. The molecule has 0 aromatic rings. The van der Waals surface area contributed by atoms with E-state index in [9.17, 15) is 5.11 Å². The van der Waals surface area contributed by atoms with E-state index < -0.39 is 0 Å². The Morgan fingerprint density at radius 2 is 1.80 bits per heavy atom. The monoisotopic (exact) mass is 211 g/mol. The predicted octanol–water partition coefficient (Wildman–Crippen LogP) is 2.41. The summed E-state index contributed by atoms with van der Waals surface area (Å²) in [5.41, 5.74) is 0. The molecule has 0 amide bonds. The maximum atomic E-state index is 10.1. The van der Waals surface area contributed by atoms with Crippen molar-refractivity contribution in [2.45, 2.75) is 70.6 Å². The van der Waals surface area contributed by atoms with E-state index in [4.69, 9.17) is 0 Å². The second-order valence-electron chi connectivity index (χ2n) is 5.74. The third-order valence-electron chi connectivity index (χ3n) is 3.71. The molecule has 0 radical (unpaired) electrons. The fourth-order valence-corrected chi connectivity index (χ4v) is 2.86. The fraction of sp³-hybridized carbons (Fsp3) is 1.00. The summed E-state index contributed by atoms with van der Waals surface area (Å²) in [5.74, 6) is 0.722. The molecule has 2 aliphatic rings. The fourth-order valence-electron chi connectivity index (χ4n) is 2.86. The SMILES string of the molecule is CC(C)CN(C1CC1)C1CCCCC1O. The Hall–Kier alpha value is -0.0800. The standard InChI is InChI=1S/C13H25NO/c1-10(2)9-14(11-7-8-11)12-5-3-4-6-13(12)15/h10-13,15H,3-9H2,1-2H3. The molecule has 0 aromatic carbocycles. The zero-order valence-electron chi connectivity index (χ0n) is 10.2. The molecule has 0 aromatic heterocycles. The Morgan fingerprint density at radius 1 is 1.13 bits per heavy atom. The first-order chi connectivity index (χ1) is 7.18. The summed E-state index contributed by atoms with van der Waals surface area (Å²) < 4.78 is 0. The number of nitrogens with zero attached hydrogens (tertiary/aromatic N) is 1. The highest BCUT2D eigenvalue weighted by Crippen LogP contribution is 2.34. The maximum absolute atomic E-state index is 10.1. The van der Waals surface area contributed by atoms with Crippen molar-refractivity contribution >= 4 is 0 Å². The number of aliphatic hydroxyl groups excluding tert-OH is 1. The molecular weight excluding hydrogens is 186 g/mol. The molecule has 2 atom stereocenters. The molecule has 0 aliphatic heterocycles. The van der Waals surface area contributed by atoms with E-state index in [0.717, 1.165) is 18.4 Å². The highest BCUT2D eigenvalue weighted by atomic mass is 16.3. The lowest BCUT2D eigenvalue weighted by Gasteiger charge is -2.38. The van der Waals surface area contributed by atoms with E-state index >= 15 is 0 Å². The summed E-state index contributed by atoms with van der Waals surface area (Å²) in [6.07, 6.45) is 7.42. The van der Waals surface area contributed by atoms with E-state index in [1.165, 1.54) is 38.6 Å². The van der Waals surface area contributed by atoms with Gasteiger partial charge in [0.1, 0.15) is 0 Å². The van der Waals surface area contributed by atoms with Crippen molar-refractivity contribution in [3.8, 4) is 0 Å². The normalized spacial score (nSPS) is 32.6. The molecule has 0 saturated heterocycles. The topological polar surface area (TPSA) is 23.5 Å². The molecule has 2 nitrogen and oxygen atoms in total. The number of rotatable bonds is 4. The zero-order valence-corrected chi connectivity index (χ0v) is 10.2. The van der Waals surface area contributed by atoms with Gasteiger partial charge in [-0.3, -0.25) is 4.90 Å². The Balaban J connectivity index is 1.95. The van der Waals surface area contributed by atoms with Gasteiger partial charge in [0, 0.05) is 18.6 Å². The molecule has 2 saturated carbocycles. The Kier molecular flexibility index (Phi) is 3.68. The summed E-state index contributed by atoms with van der Waals surface area (Å²) in [5, 5.41) is 10.1. The lowest BCUT2D eigenvalue weighted by atomic mass is 9.90. The molecule has 0 spiro atoms.